The number of hydrogen-bond donors (Lipinski definition) is 2. The van der Waals surface area contributed by atoms with Crippen LogP contribution in [-0.2, 0) is 7.05 Å². The van der Waals surface area contributed by atoms with Crippen molar-refractivity contribution in [3.8, 4) is 0 Å². The fraction of sp³-hybridized carbons (Fsp3) is 0.250. The molecule has 2 aromatic rings. The van der Waals surface area contributed by atoms with Crippen LogP contribution in [0.4, 0.5) is 8.78 Å². The second-order valence-electron chi connectivity index (χ2n) is 4.14. The molecular weight excluding hydrogens is 238 g/mol. The van der Waals surface area contributed by atoms with Gasteiger partial charge in [-0.3, -0.25) is 10.5 Å². The Kier molecular flexibility index (Phi) is 3.40. The van der Waals surface area contributed by atoms with E-state index in [4.69, 9.17) is 5.84 Å². The summed E-state index contributed by atoms with van der Waals surface area (Å²) in [5.41, 5.74) is 3.30. The van der Waals surface area contributed by atoms with Crippen LogP contribution in [0.1, 0.15) is 22.7 Å². The number of benzene rings is 1. The third-order valence-electron chi connectivity index (χ3n) is 2.83. The van der Waals surface area contributed by atoms with E-state index in [-0.39, 0.29) is 5.56 Å². The predicted molar refractivity (Wildman–Crippen MR) is 63.5 cm³/mol. The van der Waals surface area contributed by atoms with Crippen LogP contribution in [-0.4, -0.2) is 9.78 Å². The van der Waals surface area contributed by atoms with Gasteiger partial charge in [0.25, 0.3) is 0 Å². The van der Waals surface area contributed by atoms with Gasteiger partial charge in [0.1, 0.15) is 11.6 Å². The van der Waals surface area contributed by atoms with Crippen LogP contribution in [0.25, 0.3) is 0 Å². The highest BCUT2D eigenvalue weighted by molar-refractivity contribution is 5.34. The molecule has 4 nitrogen and oxygen atoms in total. The lowest BCUT2D eigenvalue weighted by Gasteiger charge is -2.17. The summed E-state index contributed by atoms with van der Waals surface area (Å²) in [6.45, 7) is 1.58. The van der Waals surface area contributed by atoms with Gasteiger partial charge < -0.3 is 0 Å². The van der Waals surface area contributed by atoms with Crippen LogP contribution < -0.4 is 11.3 Å². The van der Waals surface area contributed by atoms with Gasteiger partial charge in [0.2, 0.25) is 0 Å². The zero-order valence-corrected chi connectivity index (χ0v) is 10.1. The number of aromatic nitrogens is 2. The molecule has 3 N–H and O–H groups in total. The Morgan fingerprint density at radius 1 is 1.39 bits per heavy atom. The maximum absolute atomic E-state index is 14.0. The van der Waals surface area contributed by atoms with Crippen molar-refractivity contribution < 1.29 is 8.78 Å². The van der Waals surface area contributed by atoms with E-state index >= 15 is 0 Å². The van der Waals surface area contributed by atoms with E-state index in [0.717, 1.165) is 0 Å². The molecule has 0 bridgehead atoms. The molecule has 1 heterocycles. The minimum absolute atomic E-state index is 0.0921. The Bertz CT molecular complexity index is 565. The molecule has 0 aliphatic rings. The number of nitrogens with one attached hydrogen (secondary N) is 1. The quantitative estimate of drug-likeness (QED) is 0.644. The van der Waals surface area contributed by atoms with Gasteiger partial charge in [-0.25, -0.2) is 14.2 Å². The third kappa shape index (κ3) is 2.12. The molecule has 0 amide bonds. The summed E-state index contributed by atoms with van der Waals surface area (Å²) in [7, 11) is 1.72. The summed E-state index contributed by atoms with van der Waals surface area (Å²) >= 11 is 0. The summed E-state index contributed by atoms with van der Waals surface area (Å²) in [4.78, 5) is 0. The zero-order chi connectivity index (χ0) is 13.3. The average molecular weight is 252 g/mol. The monoisotopic (exact) mass is 252 g/mol. The molecule has 1 aromatic carbocycles. The Morgan fingerprint density at radius 3 is 2.67 bits per heavy atom. The van der Waals surface area contributed by atoms with Gasteiger partial charge in [-0.15, -0.1) is 0 Å². The number of hydrazine groups is 1. The molecule has 0 aliphatic carbocycles. The zero-order valence-electron chi connectivity index (χ0n) is 10.1. The molecule has 0 aliphatic heterocycles. The van der Waals surface area contributed by atoms with Gasteiger partial charge in [0, 0.05) is 24.4 Å². The minimum atomic E-state index is -0.765. The second kappa shape index (κ2) is 4.83. The van der Waals surface area contributed by atoms with Crippen molar-refractivity contribution in [3.63, 3.8) is 0 Å². The highest BCUT2D eigenvalue weighted by Crippen LogP contribution is 2.27. The predicted octanol–water partition coefficient (Wildman–Crippen LogP) is 1.56. The van der Waals surface area contributed by atoms with Crippen LogP contribution >= 0.6 is 0 Å². The Hall–Kier alpha value is -1.79. The summed E-state index contributed by atoms with van der Waals surface area (Å²) in [6, 6.07) is 1.86. The minimum Gasteiger partial charge on any atom is -0.275 e. The number of nitrogens with two attached hydrogens (primary N) is 1. The first-order chi connectivity index (χ1) is 8.54. The molecule has 2 rings (SSSR count). The lowest BCUT2D eigenvalue weighted by atomic mass is 9.99. The van der Waals surface area contributed by atoms with Crippen molar-refractivity contribution >= 4 is 0 Å². The summed E-state index contributed by atoms with van der Waals surface area (Å²) in [5, 5.41) is 3.97. The first-order valence-corrected chi connectivity index (χ1v) is 5.43. The number of aryl methyl sites for hydroxylation is 2. The lowest BCUT2D eigenvalue weighted by Crippen LogP contribution is -2.30. The fourth-order valence-corrected chi connectivity index (χ4v) is 1.88. The maximum atomic E-state index is 14.0. The van der Waals surface area contributed by atoms with Gasteiger partial charge in [0.15, 0.2) is 0 Å². The Balaban J connectivity index is 2.55. The van der Waals surface area contributed by atoms with Crippen LogP contribution in [0.5, 0.6) is 0 Å². The van der Waals surface area contributed by atoms with Gasteiger partial charge >= 0.3 is 0 Å². The normalized spacial score (nSPS) is 12.7. The van der Waals surface area contributed by atoms with Crippen LogP contribution in [0, 0.1) is 18.6 Å². The fourth-order valence-electron chi connectivity index (χ4n) is 1.88. The van der Waals surface area contributed by atoms with E-state index in [1.165, 1.54) is 18.3 Å². The molecule has 1 atom stereocenters. The third-order valence-corrected chi connectivity index (χ3v) is 2.83. The van der Waals surface area contributed by atoms with Crippen molar-refractivity contribution in [2.24, 2.45) is 12.9 Å². The van der Waals surface area contributed by atoms with Crippen molar-refractivity contribution in [2.45, 2.75) is 13.0 Å². The summed E-state index contributed by atoms with van der Waals surface area (Å²) < 4.78 is 29.4. The Morgan fingerprint density at radius 2 is 2.11 bits per heavy atom. The molecular formula is C12H14F2N4. The van der Waals surface area contributed by atoms with Gasteiger partial charge in [-0.1, -0.05) is 6.07 Å². The van der Waals surface area contributed by atoms with E-state index in [1.54, 1.807) is 24.9 Å². The largest absolute Gasteiger partial charge is 0.275 e. The van der Waals surface area contributed by atoms with E-state index in [1.807, 2.05) is 0 Å². The standard InChI is InChI=1S/C12H14F2N4/c1-7-3-4-9(13)10(11(7)14)12(17-15)8-5-16-18(2)6-8/h3-6,12,17H,15H2,1-2H3. The van der Waals surface area contributed by atoms with Gasteiger partial charge in [-0.2, -0.15) is 5.10 Å². The number of nitrogens with zero attached hydrogens (tertiary/aromatic N) is 2. The molecule has 1 unspecified atom stereocenters. The molecule has 96 valence electrons. The number of hydrogen-bond acceptors (Lipinski definition) is 3. The molecule has 1 aromatic heterocycles. The van der Waals surface area contributed by atoms with Crippen molar-refractivity contribution in [1.82, 2.24) is 15.2 Å². The Labute approximate surface area is 103 Å². The smallest absolute Gasteiger partial charge is 0.134 e. The SMILES string of the molecule is Cc1ccc(F)c(C(NN)c2cnn(C)c2)c1F. The molecule has 0 spiro atoms. The topological polar surface area (TPSA) is 55.9 Å². The highest BCUT2D eigenvalue weighted by Gasteiger charge is 2.23. The van der Waals surface area contributed by atoms with E-state index in [2.05, 4.69) is 10.5 Å². The van der Waals surface area contributed by atoms with Gasteiger partial charge in [-0.05, 0) is 18.6 Å². The van der Waals surface area contributed by atoms with E-state index < -0.39 is 17.7 Å². The molecule has 0 saturated heterocycles. The van der Waals surface area contributed by atoms with Crippen molar-refractivity contribution in [1.29, 1.82) is 0 Å². The first-order valence-electron chi connectivity index (χ1n) is 5.43. The molecule has 0 radical (unpaired) electrons. The first kappa shape index (κ1) is 12.7. The highest BCUT2D eigenvalue weighted by atomic mass is 19.1. The van der Waals surface area contributed by atoms with Crippen molar-refractivity contribution in [3.05, 3.63) is 52.9 Å². The molecule has 0 saturated carbocycles. The second-order valence-corrected chi connectivity index (χ2v) is 4.14. The maximum Gasteiger partial charge on any atom is 0.134 e. The summed E-state index contributed by atoms with van der Waals surface area (Å²) in [6.07, 6.45) is 3.18. The number of halogens is 2. The van der Waals surface area contributed by atoms with E-state index in [9.17, 15) is 8.78 Å². The molecule has 0 fully saturated rings. The average Bonchev–Trinajstić information content (AvgIpc) is 2.76. The number of rotatable bonds is 3. The summed E-state index contributed by atoms with van der Waals surface area (Å²) in [5.74, 6) is 4.18. The van der Waals surface area contributed by atoms with Crippen LogP contribution in [0.15, 0.2) is 24.5 Å². The molecule has 18 heavy (non-hydrogen) atoms. The van der Waals surface area contributed by atoms with Crippen molar-refractivity contribution in [2.75, 3.05) is 0 Å². The van der Waals surface area contributed by atoms with Crippen LogP contribution in [0.2, 0.25) is 0 Å². The van der Waals surface area contributed by atoms with Gasteiger partial charge in [0.05, 0.1) is 12.2 Å². The van der Waals surface area contributed by atoms with Crippen LogP contribution in [0.3, 0.4) is 0 Å². The lowest BCUT2D eigenvalue weighted by molar-refractivity contribution is 0.506. The molecule has 6 heteroatoms. The van der Waals surface area contributed by atoms with E-state index in [0.29, 0.717) is 11.1 Å².